The molecule has 2 aromatic rings. The Morgan fingerprint density at radius 1 is 1.07 bits per heavy atom. The summed E-state index contributed by atoms with van der Waals surface area (Å²) in [5, 5.41) is 12.7. The maximum Gasteiger partial charge on any atom is 0.333 e. The van der Waals surface area contributed by atoms with Gasteiger partial charge >= 0.3 is 5.97 Å². The van der Waals surface area contributed by atoms with Gasteiger partial charge in [-0.2, -0.15) is 0 Å². The van der Waals surface area contributed by atoms with Gasteiger partial charge in [0.05, 0.1) is 4.99 Å². The van der Waals surface area contributed by atoms with Gasteiger partial charge in [0.1, 0.15) is 0 Å². The van der Waals surface area contributed by atoms with Crippen LogP contribution >= 0.6 is 12.2 Å². The Labute approximate surface area is 185 Å². The summed E-state index contributed by atoms with van der Waals surface area (Å²) in [6.45, 7) is 5.29. The van der Waals surface area contributed by atoms with Crippen LogP contribution in [0.25, 0.3) is 0 Å². The molecular formula is C25H33NO3S. The van der Waals surface area contributed by atoms with Gasteiger partial charge in [0, 0.05) is 25.5 Å². The van der Waals surface area contributed by atoms with Crippen molar-refractivity contribution in [1.29, 1.82) is 0 Å². The highest BCUT2D eigenvalue weighted by atomic mass is 32.1. The zero-order chi connectivity index (χ0) is 21.8. The third-order valence-corrected chi connectivity index (χ3v) is 5.59. The minimum Gasteiger partial charge on any atom is -0.479 e. The monoisotopic (exact) mass is 427 g/mol. The van der Waals surface area contributed by atoms with Crippen molar-refractivity contribution in [3.63, 3.8) is 0 Å². The molecule has 4 nitrogen and oxygen atoms in total. The van der Waals surface area contributed by atoms with Crippen LogP contribution in [-0.4, -0.2) is 35.3 Å². The van der Waals surface area contributed by atoms with Crippen LogP contribution in [0.4, 0.5) is 0 Å². The minimum absolute atomic E-state index is 0.187. The fraction of sp³-hybridized carbons (Fsp3) is 0.440. The predicted octanol–water partition coefficient (Wildman–Crippen LogP) is 5.15. The summed E-state index contributed by atoms with van der Waals surface area (Å²) in [7, 11) is 0. The van der Waals surface area contributed by atoms with Gasteiger partial charge in [-0.3, -0.25) is 0 Å². The number of aryl methyl sites for hydroxylation is 1. The first kappa shape index (κ1) is 24.0. The fourth-order valence-electron chi connectivity index (χ4n) is 3.43. The van der Waals surface area contributed by atoms with Crippen LogP contribution in [-0.2, 0) is 22.4 Å². The van der Waals surface area contributed by atoms with E-state index in [9.17, 15) is 9.90 Å². The van der Waals surface area contributed by atoms with Crippen molar-refractivity contribution in [3.8, 4) is 0 Å². The first-order valence-corrected chi connectivity index (χ1v) is 11.2. The zero-order valence-electron chi connectivity index (χ0n) is 18.0. The summed E-state index contributed by atoms with van der Waals surface area (Å²) in [4.78, 5) is 12.2. The minimum atomic E-state index is -0.921. The summed E-state index contributed by atoms with van der Waals surface area (Å²) in [6.07, 6.45) is 3.67. The fourth-order valence-corrected chi connectivity index (χ4v) is 3.79. The number of carboxylic acid groups (broad SMARTS) is 1. The normalized spacial score (nSPS) is 12.9. The number of hydrogen-bond acceptors (Lipinski definition) is 3. The Morgan fingerprint density at radius 3 is 2.33 bits per heavy atom. The molecule has 5 heteroatoms. The van der Waals surface area contributed by atoms with Crippen molar-refractivity contribution in [2.45, 2.75) is 58.0 Å². The number of hydrogen-bond donors (Lipinski definition) is 2. The van der Waals surface area contributed by atoms with Crippen molar-refractivity contribution >= 4 is 23.2 Å². The van der Waals surface area contributed by atoms with E-state index in [1.165, 1.54) is 11.1 Å². The van der Waals surface area contributed by atoms with Gasteiger partial charge in [0.25, 0.3) is 0 Å². The molecular weight excluding hydrogens is 394 g/mol. The Balaban J connectivity index is 2.00. The Kier molecular flexibility index (Phi) is 10.5. The van der Waals surface area contributed by atoms with Gasteiger partial charge in [0.15, 0.2) is 6.10 Å². The van der Waals surface area contributed by atoms with Crippen LogP contribution in [0, 0.1) is 0 Å². The number of carbonyl (C=O) groups is 1. The summed E-state index contributed by atoms with van der Waals surface area (Å²) < 4.78 is 5.31. The third kappa shape index (κ3) is 7.88. The summed E-state index contributed by atoms with van der Waals surface area (Å²) in [6, 6.07) is 18.6. The van der Waals surface area contributed by atoms with Crippen LogP contribution in [0.5, 0.6) is 0 Å². The van der Waals surface area contributed by atoms with E-state index in [2.05, 4.69) is 48.6 Å². The molecule has 0 saturated carbocycles. The van der Waals surface area contributed by atoms with Crippen molar-refractivity contribution < 1.29 is 14.6 Å². The summed E-state index contributed by atoms with van der Waals surface area (Å²) in [5.41, 5.74) is 3.43. The summed E-state index contributed by atoms with van der Waals surface area (Å²) >= 11 is 5.72. The first-order chi connectivity index (χ1) is 14.5. The molecule has 0 aliphatic heterocycles. The van der Waals surface area contributed by atoms with E-state index < -0.39 is 12.1 Å². The average molecular weight is 428 g/mol. The SMILES string of the molecule is CCCCNC(=S)C(CCc1ccc(C[C@@H](OCC)C(=O)O)cc1)c1ccccc1. The second-order valence-corrected chi connectivity index (χ2v) is 7.89. The molecule has 0 aliphatic carbocycles. The van der Waals surface area contributed by atoms with Crippen molar-refractivity contribution in [2.75, 3.05) is 13.2 Å². The van der Waals surface area contributed by atoms with Crippen LogP contribution in [0.2, 0.25) is 0 Å². The quantitative estimate of drug-likeness (QED) is 0.342. The van der Waals surface area contributed by atoms with E-state index in [0.717, 1.165) is 42.8 Å². The molecule has 0 radical (unpaired) electrons. The number of thiocarbonyl (C=S) groups is 1. The molecule has 0 heterocycles. The van der Waals surface area contributed by atoms with Gasteiger partial charge < -0.3 is 15.2 Å². The molecule has 2 atom stereocenters. The standard InChI is InChI=1S/C25H33NO3S/c1-3-5-17-26-24(30)22(21-9-7-6-8-10-21)16-15-19-11-13-20(14-12-19)18-23(25(27)28)29-4-2/h6-14,22-23H,3-5,15-18H2,1-2H3,(H,26,30)(H,27,28)/t22?,23-/m1/s1. The molecule has 0 aromatic heterocycles. The first-order valence-electron chi connectivity index (χ1n) is 10.8. The highest BCUT2D eigenvalue weighted by Crippen LogP contribution is 2.23. The molecule has 1 unspecified atom stereocenters. The molecule has 2 N–H and O–H groups in total. The second kappa shape index (κ2) is 13.1. The molecule has 0 fully saturated rings. The number of carboxylic acids is 1. The number of aliphatic carboxylic acids is 1. The topological polar surface area (TPSA) is 58.6 Å². The lowest BCUT2D eigenvalue weighted by atomic mass is 9.91. The van der Waals surface area contributed by atoms with Crippen molar-refractivity contribution in [1.82, 2.24) is 5.32 Å². The van der Waals surface area contributed by atoms with E-state index in [0.29, 0.717) is 13.0 Å². The van der Waals surface area contributed by atoms with Gasteiger partial charge in [-0.1, -0.05) is 80.2 Å². The van der Waals surface area contributed by atoms with Crippen LogP contribution < -0.4 is 5.32 Å². The molecule has 0 aliphatic rings. The molecule has 2 aromatic carbocycles. The van der Waals surface area contributed by atoms with Crippen molar-refractivity contribution in [2.24, 2.45) is 0 Å². The number of rotatable bonds is 13. The zero-order valence-corrected chi connectivity index (χ0v) is 18.8. The largest absolute Gasteiger partial charge is 0.479 e. The van der Waals surface area contributed by atoms with Gasteiger partial charge in [-0.25, -0.2) is 4.79 Å². The Hall–Kier alpha value is -2.24. The summed E-state index contributed by atoms with van der Waals surface area (Å²) in [5.74, 6) is -0.734. The lowest BCUT2D eigenvalue weighted by Gasteiger charge is -2.20. The molecule has 0 amide bonds. The average Bonchev–Trinajstić information content (AvgIpc) is 2.75. The van der Waals surface area contributed by atoms with Crippen LogP contribution in [0.15, 0.2) is 54.6 Å². The van der Waals surface area contributed by atoms with Gasteiger partial charge in [0.2, 0.25) is 0 Å². The van der Waals surface area contributed by atoms with E-state index in [-0.39, 0.29) is 5.92 Å². The molecule has 0 saturated heterocycles. The number of ether oxygens (including phenoxy) is 1. The predicted molar refractivity (Wildman–Crippen MR) is 126 cm³/mol. The third-order valence-electron chi connectivity index (χ3n) is 5.16. The molecule has 0 bridgehead atoms. The lowest BCUT2D eigenvalue weighted by Crippen LogP contribution is -2.28. The molecule has 162 valence electrons. The van der Waals surface area contributed by atoms with E-state index >= 15 is 0 Å². The Bertz CT molecular complexity index is 777. The second-order valence-electron chi connectivity index (χ2n) is 7.45. The highest BCUT2D eigenvalue weighted by molar-refractivity contribution is 7.80. The number of unbranched alkanes of at least 4 members (excludes halogenated alkanes) is 1. The van der Waals surface area contributed by atoms with Crippen LogP contribution in [0.3, 0.4) is 0 Å². The molecule has 30 heavy (non-hydrogen) atoms. The highest BCUT2D eigenvalue weighted by Gasteiger charge is 2.19. The molecule has 0 spiro atoms. The number of benzene rings is 2. The molecule has 2 rings (SSSR count). The smallest absolute Gasteiger partial charge is 0.333 e. The lowest BCUT2D eigenvalue weighted by molar-refractivity contribution is -0.149. The maximum atomic E-state index is 11.3. The van der Waals surface area contributed by atoms with E-state index in [1.807, 2.05) is 25.1 Å². The number of nitrogens with one attached hydrogen (secondary N) is 1. The Morgan fingerprint density at radius 2 is 1.73 bits per heavy atom. The van der Waals surface area contributed by atoms with Crippen molar-refractivity contribution in [3.05, 3.63) is 71.3 Å². The van der Waals surface area contributed by atoms with Gasteiger partial charge in [-0.15, -0.1) is 0 Å². The van der Waals surface area contributed by atoms with E-state index in [1.54, 1.807) is 0 Å². The van der Waals surface area contributed by atoms with Crippen LogP contribution in [0.1, 0.15) is 55.7 Å². The van der Waals surface area contributed by atoms with Gasteiger partial charge in [-0.05, 0) is 42.9 Å². The van der Waals surface area contributed by atoms with E-state index in [4.69, 9.17) is 17.0 Å². The maximum absolute atomic E-state index is 11.3.